The molecule has 8 nitrogen and oxygen atoms in total. The van der Waals surface area contributed by atoms with Crippen molar-refractivity contribution in [2.45, 2.75) is 160 Å². The summed E-state index contributed by atoms with van der Waals surface area (Å²) >= 11 is 0. The van der Waals surface area contributed by atoms with Crippen molar-refractivity contribution < 1.29 is 37.4 Å². The number of allylic oxidation sites excluding steroid dienone is 1. The normalized spacial score (nSPS) is 22.8. The second kappa shape index (κ2) is 20.5. The predicted molar refractivity (Wildman–Crippen MR) is 223 cm³/mol. The highest BCUT2D eigenvalue weighted by Crippen LogP contribution is 2.62. The minimum atomic E-state index is -1.12. The van der Waals surface area contributed by atoms with Crippen molar-refractivity contribution in [3.8, 4) is 0 Å². The molecule has 0 spiro atoms. The molecule has 3 saturated carbocycles. The van der Waals surface area contributed by atoms with E-state index in [-0.39, 0.29) is 66.4 Å². The fourth-order valence-electron chi connectivity index (χ4n) is 9.17. The molecule has 6 N–H and O–H groups in total. The Balaban J connectivity index is 1.20. The number of carbonyl (C=O) groups is 2. The van der Waals surface area contributed by atoms with Gasteiger partial charge in [0.1, 0.15) is 23.3 Å². The van der Waals surface area contributed by atoms with Crippen LogP contribution >= 0.6 is 0 Å². The van der Waals surface area contributed by atoms with Gasteiger partial charge in [-0.05, 0) is 116 Å². The molecule has 0 radical (unpaired) electrons. The lowest BCUT2D eigenvalue weighted by molar-refractivity contribution is -0.128. The van der Waals surface area contributed by atoms with Gasteiger partial charge in [0.25, 0.3) is 0 Å². The Bertz CT molecular complexity index is 1690. The third-order valence-electron chi connectivity index (χ3n) is 12.6. The topological polar surface area (TPSA) is 123 Å². The van der Waals surface area contributed by atoms with E-state index in [2.05, 4.69) is 68.0 Å². The third-order valence-corrected chi connectivity index (χ3v) is 12.6. The fraction of sp³-hybridized carbons (Fsp3) is 0.660. The van der Waals surface area contributed by atoms with Crippen LogP contribution < -0.4 is 21.3 Å². The summed E-state index contributed by atoms with van der Waals surface area (Å²) in [7, 11) is 0. The van der Waals surface area contributed by atoms with Crippen molar-refractivity contribution in [1.82, 2.24) is 21.3 Å². The van der Waals surface area contributed by atoms with Gasteiger partial charge >= 0.3 is 0 Å². The average Bonchev–Trinajstić information content (AvgIpc) is 3.96. The number of fused-ring (bicyclic) bond motifs is 1. The average molecular weight is 829 g/mol. The molecular formula is C47H68F4N4O4. The molecule has 6 unspecified atom stereocenters. The fourth-order valence-corrected chi connectivity index (χ4v) is 9.17. The van der Waals surface area contributed by atoms with E-state index in [1.54, 1.807) is 0 Å². The molecule has 0 aromatic heterocycles. The monoisotopic (exact) mass is 829 g/mol. The second-order valence-electron chi connectivity index (χ2n) is 19.4. The maximum atomic E-state index is 14.2. The summed E-state index contributed by atoms with van der Waals surface area (Å²) in [4.78, 5) is 26.8. The van der Waals surface area contributed by atoms with Crippen molar-refractivity contribution in [3.63, 3.8) is 0 Å². The van der Waals surface area contributed by atoms with Crippen LogP contribution in [0, 0.1) is 46.4 Å². The molecule has 0 saturated heterocycles. The largest absolute Gasteiger partial charge is 0.390 e. The zero-order chi connectivity index (χ0) is 43.0. The highest BCUT2D eigenvalue weighted by Gasteiger charge is 2.64. The number of hydrogen-bond acceptors (Lipinski definition) is 6. The SMILES string of the molecule is CC(C)CCCC1(NCC(O)C(Cc2cc(F)cc(F)c2)NC(=O)CCC(=O)NC(Cc2cc(F)cc(F)c2)C(O)CNC2(CC=CCC(C)(C)C)CC2)C2CCCC21. The van der Waals surface area contributed by atoms with E-state index in [1.165, 1.54) is 18.6 Å². The van der Waals surface area contributed by atoms with Crippen LogP contribution in [0.15, 0.2) is 48.6 Å². The molecule has 2 amide bonds. The molecule has 3 aliphatic rings. The maximum Gasteiger partial charge on any atom is 0.220 e. The predicted octanol–water partition coefficient (Wildman–Crippen LogP) is 7.59. The Hall–Kier alpha value is -3.32. The number of carbonyl (C=O) groups excluding carboxylic acids is 2. The lowest BCUT2D eigenvalue weighted by Crippen LogP contribution is -2.52. The number of amides is 2. The smallest absolute Gasteiger partial charge is 0.220 e. The van der Waals surface area contributed by atoms with Crippen molar-refractivity contribution in [1.29, 1.82) is 0 Å². The number of halogens is 4. The first-order chi connectivity index (χ1) is 27.8. The van der Waals surface area contributed by atoms with Crippen LogP contribution in [0.4, 0.5) is 17.6 Å². The standard InChI is InChI=1S/C47H68F4N4O4/c1-30(2)10-9-17-47(37-11-8-12-38(37)47)53-29-42(57)40(25-32-22-35(50)27-36(51)23-32)55-44(59)14-13-43(58)54-39(24-31-20-33(48)26-34(49)21-31)41(56)28-52-46(18-19-46)16-7-6-15-45(3,4)5/h6-7,20-23,26-27,30,37-42,52-53,56-57H,8-19,24-25,28-29H2,1-5H3,(H,54,58)(H,55,59). The third kappa shape index (κ3) is 14.4. The molecule has 2 aromatic rings. The van der Waals surface area contributed by atoms with Gasteiger partial charge in [-0.3, -0.25) is 9.59 Å². The zero-order valence-electron chi connectivity index (χ0n) is 35.7. The number of hydrogen-bond donors (Lipinski definition) is 6. The molecule has 0 aliphatic heterocycles. The van der Waals surface area contributed by atoms with Gasteiger partial charge in [-0.25, -0.2) is 17.6 Å². The first-order valence-electron chi connectivity index (χ1n) is 21.9. The van der Waals surface area contributed by atoms with E-state index in [1.807, 2.05) is 0 Å². The maximum absolute atomic E-state index is 14.2. The van der Waals surface area contributed by atoms with Crippen LogP contribution in [-0.2, 0) is 22.4 Å². The van der Waals surface area contributed by atoms with Gasteiger partial charge in [-0.2, -0.15) is 0 Å². The van der Waals surface area contributed by atoms with E-state index in [4.69, 9.17) is 0 Å². The summed E-state index contributed by atoms with van der Waals surface area (Å²) in [6.45, 7) is 11.2. The van der Waals surface area contributed by atoms with E-state index in [0.717, 1.165) is 82.1 Å². The molecule has 59 heavy (non-hydrogen) atoms. The zero-order valence-corrected chi connectivity index (χ0v) is 35.7. The Morgan fingerprint density at radius 2 is 1.24 bits per heavy atom. The van der Waals surface area contributed by atoms with Gasteiger partial charge in [-0.15, -0.1) is 0 Å². The number of β-amino-alcohol motifs (C(OH)–C–C–N with tert-alkyl or cyclic N) is 2. The molecule has 6 atom stereocenters. The molecule has 328 valence electrons. The summed E-state index contributed by atoms with van der Waals surface area (Å²) < 4.78 is 56.7. The molecule has 5 rings (SSSR count). The molecule has 0 heterocycles. The van der Waals surface area contributed by atoms with Crippen LogP contribution in [-0.4, -0.2) is 70.5 Å². The van der Waals surface area contributed by atoms with Gasteiger partial charge in [-0.1, -0.05) is 66.0 Å². The molecule has 2 aromatic carbocycles. The number of nitrogens with one attached hydrogen (secondary N) is 4. The summed E-state index contributed by atoms with van der Waals surface area (Å²) in [6.07, 6.45) is 11.7. The van der Waals surface area contributed by atoms with Crippen LogP contribution in [0.5, 0.6) is 0 Å². The number of aliphatic hydroxyl groups excluding tert-OH is 2. The van der Waals surface area contributed by atoms with Crippen molar-refractivity contribution >= 4 is 11.8 Å². The van der Waals surface area contributed by atoms with Crippen LogP contribution in [0.3, 0.4) is 0 Å². The van der Waals surface area contributed by atoms with Crippen LogP contribution in [0.2, 0.25) is 0 Å². The van der Waals surface area contributed by atoms with Crippen molar-refractivity contribution in [3.05, 3.63) is 82.9 Å². The van der Waals surface area contributed by atoms with Crippen LogP contribution in [0.1, 0.15) is 123 Å². The van der Waals surface area contributed by atoms with Crippen molar-refractivity contribution in [2.24, 2.45) is 23.2 Å². The van der Waals surface area contributed by atoms with Crippen molar-refractivity contribution in [2.75, 3.05) is 13.1 Å². The molecule has 3 fully saturated rings. The summed E-state index contributed by atoms with van der Waals surface area (Å²) in [6, 6.07) is 4.35. The summed E-state index contributed by atoms with van der Waals surface area (Å²) in [5.74, 6) is -2.48. The van der Waals surface area contributed by atoms with Gasteiger partial charge in [0.05, 0.1) is 24.3 Å². The molecule has 3 aliphatic carbocycles. The minimum Gasteiger partial charge on any atom is -0.390 e. The van der Waals surface area contributed by atoms with Gasteiger partial charge in [0.2, 0.25) is 11.8 Å². The first-order valence-corrected chi connectivity index (χ1v) is 21.9. The first kappa shape index (κ1) is 46.7. The van der Waals surface area contributed by atoms with Gasteiger partial charge < -0.3 is 31.5 Å². The van der Waals surface area contributed by atoms with E-state index in [0.29, 0.717) is 17.8 Å². The summed E-state index contributed by atoms with van der Waals surface area (Å²) in [5.41, 5.74) is 0.489. The molecule has 0 bridgehead atoms. The van der Waals surface area contributed by atoms with E-state index < -0.39 is 59.4 Å². The molecule has 12 heteroatoms. The summed E-state index contributed by atoms with van der Waals surface area (Å²) in [5, 5.41) is 35.6. The highest BCUT2D eigenvalue weighted by atomic mass is 19.1. The van der Waals surface area contributed by atoms with E-state index >= 15 is 0 Å². The lowest BCUT2D eigenvalue weighted by atomic mass is 9.92. The quantitative estimate of drug-likeness (QED) is 0.0480. The number of benzene rings is 2. The van der Waals surface area contributed by atoms with Gasteiger partial charge in [0, 0.05) is 49.1 Å². The number of aliphatic hydroxyl groups is 2. The van der Waals surface area contributed by atoms with Crippen LogP contribution in [0.25, 0.3) is 0 Å². The Labute approximate surface area is 348 Å². The molecular weight excluding hydrogens is 761 g/mol. The van der Waals surface area contributed by atoms with Gasteiger partial charge in [0.15, 0.2) is 0 Å². The Morgan fingerprint density at radius 3 is 1.68 bits per heavy atom. The Morgan fingerprint density at radius 1 is 0.763 bits per heavy atom. The highest BCUT2D eigenvalue weighted by molar-refractivity contribution is 5.84. The van der Waals surface area contributed by atoms with E-state index in [9.17, 15) is 37.4 Å². The Kier molecular flexibility index (Phi) is 16.2. The number of rotatable bonds is 24. The minimum absolute atomic E-state index is 0.0397. The lowest BCUT2D eigenvalue weighted by Gasteiger charge is -2.29. The second-order valence-corrected chi connectivity index (χ2v) is 19.4.